The van der Waals surface area contributed by atoms with Crippen LogP contribution in [0.5, 0.6) is 0 Å². The van der Waals surface area contributed by atoms with Crippen LogP contribution in [-0.4, -0.2) is 53.4 Å². The molecule has 0 aliphatic carbocycles. The average Bonchev–Trinajstić information content (AvgIpc) is 3.33. The minimum atomic E-state index is -0.415. The molecule has 9 heteroatoms. The third-order valence-corrected chi connectivity index (χ3v) is 6.59. The largest absolute Gasteiger partial charge is 0.371 e. The fourth-order valence-corrected chi connectivity index (χ4v) is 4.90. The van der Waals surface area contributed by atoms with Gasteiger partial charge in [-0.25, -0.2) is 4.39 Å². The van der Waals surface area contributed by atoms with E-state index in [9.17, 15) is 19.3 Å². The predicted octanol–water partition coefficient (Wildman–Crippen LogP) is 3.28. The Hall–Kier alpha value is -3.59. The molecule has 3 aromatic rings. The minimum absolute atomic E-state index is 0.0543. The summed E-state index contributed by atoms with van der Waals surface area (Å²) in [5.74, 6) is -0.372. The van der Waals surface area contributed by atoms with Gasteiger partial charge in [0.15, 0.2) is 0 Å². The van der Waals surface area contributed by atoms with Crippen molar-refractivity contribution in [3.05, 3.63) is 76.2 Å². The molecule has 0 bridgehead atoms. The van der Waals surface area contributed by atoms with Gasteiger partial charge in [0, 0.05) is 68.2 Å². The molecule has 33 heavy (non-hydrogen) atoms. The molecule has 2 aliphatic rings. The van der Waals surface area contributed by atoms with E-state index in [4.69, 9.17) is 0 Å². The fraction of sp³-hybridized carbons (Fsp3) is 0.333. The van der Waals surface area contributed by atoms with Crippen LogP contribution < -0.4 is 10.2 Å². The van der Waals surface area contributed by atoms with Crippen molar-refractivity contribution < 1.29 is 14.1 Å². The summed E-state index contributed by atoms with van der Waals surface area (Å²) < 4.78 is 13.7. The number of nitrogens with one attached hydrogen (secondary N) is 1. The SMILES string of the molecule is O=C(C1CCN(c2ccc([N+](=O)[O-])cc2)C1)N1CCNCC1c1ccnc2cc(F)ccc12. The Bertz CT molecular complexity index is 1200. The summed E-state index contributed by atoms with van der Waals surface area (Å²) in [7, 11) is 0. The summed E-state index contributed by atoms with van der Waals surface area (Å²) in [6, 6.07) is 12.8. The van der Waals surface area contributed by atoms with Gasteiger partial charge in [-0.05, 0) is 42.3 Å². The van der Waals surface area contributed by atoms with Crippen molar-refractivity contribution in [3.8, 4) is 0 Å². The molecular weight excluding hydrogens is 425 g/mol. The highest BCUT2D eigenvalue weighted by molar-refractivity contribution is 5.85. The van der Waals surface area contributed by atoms with Crippen molar-refractivity contribution in [2.24, 2.45) is 5.92 Å². The van der Waals surface area contributed by atoms with Gasteiger partial charge >= 0.3 is 0 Å². The van der Waals surface area contributed by atoms with Crippen LogP contribution in [0.2, 0.25) is 0 Å². The first kappa shape index (κ1) is 21.3. The number of nitro benzene ring substituents is 1. The van der Waals surface area contributed by atoms with Gasteiger partial charge in [0.05, 0.1) is 22.4 Å². The summed E-state index contributed by atoms with van der Waals surface area (Å²) in [4.78, 5) is 32.4. The van der Waals surface area contributed by atoms with Crippen molar-refractivity contribution in [2.75, 3.05) is 37.6 Å². The first-order valence-electron chi connectivity index (χ1n) is 11.1. The molecule has 1 amide bonds. The molecule has 2 aromatic carbocycles. The van der Waals surface area contributed by atoms with E-state index >= 15 is 0 Å². The molecule has 2 aliphatic heterocycles. The molecule has 0 spiro atoms. The Morgan fingerprint density at radius 3 is 2.76 bits per heavy atom. The number of pyridine rings is 1. The van der Waals surface area contributed by atoms with Crippen molar-refractivity contribution in [1.82, 2.24) is 15.2 Å². The van der Waals surface area contributed by atoms with Crippen molar-refractivity contribution in [2.45, 2.75) is 12.5 Å². The van der Waals surface area contributed by atoms with E-state index in [2.05, 4.69) is 15.2 Å². The van der Waals surface area contributed by atoms with Gasteiger partial charge in [-0.2, -0.15) is 0 Å². The molecule has 170 valence electrons. The molecule has 2 fully saturated rings. The second-order valence-electron chi connectivity index (χ2n) is 8.52. The molecule has 1 N–H and O–H groups in total. The van der Waals surface area contributed by atoms with Crippen molar-refractivity contribution in [1.29, 1.82) is 0 Å². The number of rotatable bonds is 4. The summed E-state index contributed by atoms with van der Waals surface area (Å²) in [5, 5.41) is 15.1. The van der Waals surface area contributed by atoms with Crippen LogP contribution in [0.15, 0.2) is 54.7 Å². The molecule has 5 rings (SSSR count). The number of benzene rings is 2. The topological polar surface area (TPSA) is 91.6 Å². The van der Waals surface area contributed by atoms with Crippen LogP contribution in [0.3, 0.4) is 0 Å². The number of halogens is 1. The highest BCUT2D eigenvalue weighted by atomic mass is 19.1. The van der Waals surface area contributed by atoms with Crippen LogP contribution in [0.1, 0.15) is 18.0 Å². The van der Waals surface area contributed by atoms with E-state index in [0.717, 1.165) is 36.1 Å². The number of piperazine rings is 1. The van der Waals surface area contributed by atoms with Crippen LogP contribution >= 0.6 is 0 Å². The first-order valence-corrected chi connectivity index (χ1v) is 11.1. The standard InChI is InChI=1S/C24H24FN5O3/c25-17-1-6-20-21(7-9-27-22(20)13-17)23-14-26-10-12-29(23)24(31)16-8-11-28(15-16)18-2-4-19(5-3-18)30(32)33/h1-7,9,13,16,23,26H,8,10-12,14-15H2. The van der Waals surface area contributed by atoms with Gasteiger partial charge < -0.3 is 15.1 Å². The zero-order valence-electron chi connectivity index (χ0n) is 18.0. The lowest BCUT2D eigenvalue weighted by atomic mass is 9.97. The predicted molar refractivity (Wildman–Crippen MR) is 122 cm³/mol. The maximum Gasteiger partial charge on any atom is 0.269 e. The second kappa shape index (κ2) is 8.74. The zero-order valence-corrected chi connectivity index (χ0v) is 18.0. The Balaban J connectivity index is 1.36. The number of aromatic nitrogens is 1. The molecule has 8 nitrogen and oxygen atoms in total. The van der Waals surface area contributed by atoms with Gasteiger partial charge in [0.2, 0.25) is 5.91 Å². The number of nitrogens with zero attached hydrogens (tertiary/aromatic N) is 4. The van der Waals surface area contributed by atoms with Crippen LogP contribution in [0.25, 0.3) is 10.9 Å². The minimum Gasteiger partial charge on any atom is -0.371 e. The maximum atomic E-state index is 13.7. The Morgan fingerprint density at radius 1 is 1.15 bits per heavy atom. The molecule has 2 unspecified atom stereocenters. The third kappa shape index (κ3) is 4.11. The zero-order chi connectivity index (χ0) is 22.9. The number of amides is 1. The maximum absolute atomic E-state index is 13.7. The van der Waals surface area contributed by atoms with Crippen LogP contribution in [0, 0.1) is 21.8 Å². The van der Waals surface area contributed by atoms with E-state index in [1.54, 1.807) is 24.4 Å². The number of carbonyl (C=O) groups is 1. The summed E-state index contributed by atoms with van der Waals surface area (Å²) in [6.07, 6.45) is 2.40. The molecule has 0 saturated carbocycles. The molecule has 1 aromatic heterocycles. The van der Waals surface area contributed by atoms with E-state index in [1.807, 2.05) is 11.0 Å². The van der Waals surface area contributed by atoms with Gasteiger partial charge in [0.25, 0.3) is 5.69 Å². The van der Waals surface area contributed by atoms with E-state index < -0.39 is 4.92 Å². The molecule has 0 radical (unpaired) electrons. The van der Waals surface area contributed by atoms with Gasteiger partial charge in [0.1, 0.15) is 5.82 Å². The van der Waals surface area contributed by atoms with Crippen LogP contribution in [0.4, 0.5) is 15.8 Å². The quantitative estimate of drug-likeness (QED) is 0.486. The van der Waals surface area contributed by atoms with Gasteiger partial charge in [-0.1, -0.05) is 0 Å². The van der Waals surface area contributed by atoms with Crippen molar-refractivity contribution >= 4 is 28.2 Å². The second-order valence-corrected chi connectivity index (χ2v) is 8.52. The lowest BCUT2D eigenvalue weighted by Gasteiger charge is -2.38. The highest BCUT2D eigenvalue weighted by Gasteiger charge is 2.36. The smallest absolute Gasteiger partial charge is 0.269 e. The number of hydrogen-bond acceptors (Lipinski definition) is 6. The van der Waals surface area contributed by atoms with E-state index in [-0.39, 0.29) is 29.4 Å². The Kier molecular flexibility index (Phi) is 5.63. The van der Waals surface area contributed by atoms with E-state index in [1.165, 1.54) is 24.3 Å². The summed E-state index contributed by atoms with van der Waals surface area (Å²) in [5.41, 5.74) is 2.48. The number of non-ortho nitro benzene ring substituents is 1. The fourth-order valence-electron chi connectivity index (χ4n) is 4.90. The van der Waals surface area contributed by atoms with Gasteiger partial charge in [-0.3, -0.25) is 19.9 Å². The normalized spacial score (nSPS) is 20.9. The number of carbonyl (C=O) groups excluding carboxylic acids is 1. The highest BCUT2D eigenvalue weighted by Crippen LogP contribution is 2.32. The Labute approximate surface area is 190 Å². The molecule has 2 saturated heterocycles. The number of anilines is 1. The van der Waals surface area contributed by atoms with Crippen LogP contribution in [-0.2, 0) is 4.79 Å². The Morgan fingerprint density at radius 2 is 1.97 bits per heavy atom. The van der Waals surface area contributed by atoms with Gasteiger partial charge in [-0.15, -0.1) is 0 Å². The van der Waals surface area contributed by atoms with E-state index in [0.29, 0.717) is 25.2 Å². The third-order valence-electron chi connectivity index (χ3n) is 6.59. The first-order chi connectivity index (χ1) is 16.0. The lowest BCUT2D eigenvalue weighted by molar-refractivity contribution is -0.384. The summed E-state index contributed by atoms with van der Waals surface area (Å²) >= 11 is 0. The lowest BCUT2D eigenvalue weighted by Crippen LogP contribution is -2.50. The number of fused-ring (bicyclic) bond motifs is 1. The number of hydrogen-bond donors (Lipinski definition) is 1. The summed E-state index contributed by atoms with van der Waals surface area (Å²) in [6.45, 7) is 3.25. The molecular formula is C24H24FN5O3. The monoisotopic (exact) mass is 449 g/mol. The molecule has 3 heterocycles. The molecule has 2 atom stereocenters. The van der Waals surface area contributed by atoms with Crippen molar-refractivity contribution in [3.63, 3.8) is 0 Å². The number of nitro groups is 1. The average molecular weight is 449 g/mol.